The van der Waals surface area contributed by atoms with Gasteiger partial charge in [-0.3, -0.25) is 4.90 Å². The summed E-state index contributed by atoms with van der Waals surface area (Å²) in [6.45, 7) is 5.95. The molecule has 0 aliphatic carbocycles. The molecule has 4 rings (SSSR count). The molecule has 31 heavy (non-hydrogen) atoms. The molecule has 7 heteroatoms. The van der Waals surface area contributed by atoms with Gasteiger partial charge >= 0.3 is 6.09 Å². The summed E-state index contributed by atoms with van der Waals surface area (Å²) in [4.78, 5) is 16.1. The summed E-state index contributed by atoms with van der Waals surface area (Å²) >= 11 is 0. The first-order valence-corrected chi connectivity index (χ1v) is 10.6. The number of ether oxygens (including phenoxy) is 2. The number of carbonyl (C=O) groups excluding carboxylic acids is 1. The lowest BCUT2D eigenvalue weighted by molar-refractivity contribution is 0.0779. The van der Waals surface area contributed by atoms with Crippen molar-refractivity contribution in [3.8, 4) is 22.7 Å². The third-order valence-corrected chi connectivity index (χ3v) is 5.47. The molecule has 0 saturated carbocycles. The number of para-hydroxylation sites is 1. The van der Waals surface area contributed by atoms with Crippen LogP contribution in [0.4, 0.5) is 4.79 Å². The topological polar surface area (TPSA) is 59.8 Å². The van der Waals surface area contributed by atoms with Crippen molar-refractivity contribution in [2.24, 2.45) is 0 Å². The van der Waals surface area contributed by atoms with Gasteiger partial charge in [-0.05, 0) is 43.3 Å². The van der Waals surface area contributed by atoms with E-state index in [0.29, 0.717) is 19.7 Å². The Balaban J connectivity index is 1.56. The van der Waals surface area contributed by atoms with Gasteiger partial charge in [0.05, 0.1) is 25.1 Å². The predicted molar refractivity (Wildman–Crippen MR) is 119 cm³/mol. The minimum absolute atomic E-state index is 0.224. The van der Waals surface area contributed by atoms with Crippen LogP contribution in [0.1, 0.15) is 12.5 Å². The van der Waals surface area contributed by atoms with Crippen molar-refractivity contribution >= 4 is 6.09 Å². The van der Waals surface area contributed by atoms with Crippen LogP contribution in [0.25, 0.3) is 16.9 Å². The number of carbonyl (C=O) groups is 1. The van der Waals surface area contributed by atoms with Gasteiger partial charge in [0.15, 0.2) is 0 Å². The Kier molecular flexibility index (Phi) is 6.52. The smallest absolute Gasteiger partial charge is 0.409 e. The van der Waals surface area contributed by atoms with Crippen LogP contribution in [0, 0.1) is 0 Å². The molecule has 1 saturated heterocycles. The molecule has 7 nitrogen and oxygen atoms in total. The van der Waals surface area contributed by atoms with Crippen LogP contribution < -0.4 is 4.74 Å². The van der Waals surface area contributed by atoms with E-state index in [4.69, 9.17) is 14.6 Å². The van der Waals surface area contributed by atoms with Crippen LogP contribution in [-0.2, 0) is 11.3 Å². The second kappa shape index (κ2) is 9.66. The van der Waals surface area contributed by atoms with Crippen molar-refractivity contribution in [3.05, 3.63) is 66.4 Å². The van der Waals surface area contributed by atoms with Crippen LogP contribution in [0.5, 0.6) is 5.75 Å². The second-order valence-corrected chi connectivity index (χ2v) is 7.47. The maximum Gasteiger partial charge on any atom is 0.409 e. The van der Waals surface area contributed by atoms with E-state index in [-0.39, 0.29) is 6.09 Å². The number of hydrogen-bond donors (Lipinski definition) is 0. The molecule has 1 aliphatic rings. The first-order chi connectivity index (χ1) is 15.2. The monoisotopic (exact) mass is 420 g/mol. The van der Waals surface area contributed by atoms with Crippen molar-refractivity contribution < 1.29 is 14.3 Å². The Bertz CT molecular complexity index is 993. The number of aromatic nitrogens is 2. The van der Waals surface area contributed by atoms with Gasteiger partial charge in [0.25, 0.3) is 0 Å². The molecule has 2 heterocycles. The molecule has 162 valence electrons. The first-order valence-electron chi connectivity index (χ1n) is 10.6. The number of nitrogens with zero attached hydrogens (tertiary/aromatic N) is 4. The van der Waals surface area contributed by atoms with E-state index >= 15 is 0 Å². The van der Waals surface area contributed by atoms with Crippen LogP contribution >= 0.6 is 0 Å². The Labute approximate surface area is 182 Å². The number of amides is 1. The van der Waals surface area contributed by atoms with Gasteiger partial charge in [-0.15, -0.1) is 0 Å². The summed E-state index contributed by atoms with van der Waals surface area (Å²) in [5.41, 5.74) is 4.18. The quantitative estimate of drug-likeness (QED) is 0.607. The van der Waals surface area contributed by atoms with E-state index in [9.17, 15) is 4.79 Å². The summed E-state index contributed by atoms with van der Waals surface area (Å²) < 4.78 is 12.4. The average Bonchev–Trinajstić information content (AvgIpc) is 3.24. The number of hydrogen-bond acceptors (Lipinski definition) is 5. The fourth-order valence-corrected chi connectivity index (χ4v) is 3.77. The maximum atomic E-state index is 12.0. The summed E-state index contributed by atoms with van der Waals surface area (Å²) in [6.07, 6.45) is 1.88. The molecule has 0 radical (unpaired) electrons. The van der Waals surface area contributed by atoms with Crippen molar-refractivity contribution in [1.82, 2.24) is 19.6 Å². The molecule has 1 amide bonds. The Morgan fingerprint density at radius 2 is 1.71 bits per heavy atom. The molecule has 0 atom stereocenters. The van der Waals surface area contributed by atoms with Crippen LogP contribution in [-0.4, -0.2) is 65.6 Å². The molecule has 0 spiro atoms. The Morgan fingerprint density at radius 1 is 1.00 bits per heavy atom. The number of methoxy groups -OCH3 is 1. The summed E-state index contributed by atoms with van der Waals surface area (Å²) in [7, 11) is 1.67. The zero-order valence-electron chi connectivity index (χ0n) is 18.0. The molecular formula is C24H28N4O3. The zero-order chi connectivity index (χ0) is 21.6. The minimum Gasteiger partial charge on any atom is -0.497 e. The highest BCUT2D eigenvalue weighted by Crippen LogP contribution is 2.27. The average molecular weight is 421 g/mol. The predicted octanol–water partition coefficient (Wildman–Crippen LogP) is 3.82. The lowest BCUT2D eigenvalue weighted by Crippen LogP contribution is -2.48. The third kappa shape index (κ3) is 4.88. The van der Waals surface area contributed by atoms with E-state index in [0.717, 1.165) is 47.9 Å². The summed E-state index contributed by atoms with van der Waals surface area (Å²) in [5, 5.41) is 4.90. The number of benzene rings is 2. The summed E-state index contributed by atoms with van der Waals surface area (Å²) in [5.74, 6) is 0.822. The van der Waals surface area contributed by atoms with Gasteiger partial charge in [0, 0.05) is 50.0 Å². The van der Waals surface area contributed by atoms with Crippen LogP contribution in [0.15, 0.2) is 60.8 Å². The van der Waals surface area contributed by atoms with E-state index < -0.39 is 0 Å². The number of rotatable bonds is 6. The molecule has 1 fully saturated rings. The van der Waals surface area contributed by atoms with E-state index in [1.165, 1.54) is 0 Å². The SMILES string of the molecule is CCOC(=O)N1CCN(Cc2cn(-c3ccccc3)nc2-c2ccc(OC)cc2)CC1. The van der Waals surface area contributed by atoms with Gasteiger partial charge in [-0.25, -0.2) is 9.48 Å². The van der Waals surface area contributed by atoms with E-state index in [1.807, 2.05) is 66.2 Å². The summed E-state index contributed by atoms with van der Waals surface area (Å²) in [6, 6.07) is 18.1. The van der Waals surface area contributed by atoms with Crippen molar-refractivity contribution in [2.75, 3.05) is 39.9 Å². The normalized spacial score (nSPS) is 14.5. The lowest BCUT2D eigenvalue weighted by Gasteiger charge is -2.33. The van der Waals surface area contributed by atoms with E-state index in [1.54, 1.807) is 12.0 Å². The zero-order valence-corrected chi connectivity index (χ0v) is 18.0. The van der Waals surface area contributed by atoms with E-state index in [2.05, 4.69) is 11.1 Å². The first kappa shape index (κ1) is 20.9. The largest absolute Gasteiger partial charge is 0.497 e. The van der Waals surface area contributed by atoms with Gasteiger partial charge < -0.3 is 14.4 Å². The van der Waals surface area contributed by atoms with Crippen LogP contribution in [0.2, 0.25) is 0 Å². The van der Waals surface area contributed by atoms with Crippen LogP contribution in [0.3, 0.4) is 0 Å². The second-order valence-electron chi connectivity index (χ2n) is 7.47. The molecule has 1 aromatic heterocycles. The number of piperazine rings is 1. The highest BCUT2D eigenvalue weighted by Gasteiger charge is 2.23. The van der Waals surface area contributed by atoms with Crippen molar-refractivity contribution in [3.63, 3.8) is 0 Å². The van der Waals surface area contributed by atoms with Crippen molar-refractivity contribution in [2.45, 2.75) is 13.5 Å². The highest BCUT2D eigenvalue weighted by molar-refractivity contribution is 5.67. The van der Waals surface area contributed by atoms with Gasteiger partial charge in [-0.2, -0.15) is 5.10 Å². The molecule has 1 aliphatic heterocycles. The highest BCUT2D eigenvalue weighted by atomic mass is 16.6. The van der Waals surface area contributed by atoms with Gasteiger partial charge in [0.1, 0.15) is 5.75 Å². The molecule has 3 aromatic rings. The standard InChI is InChI=1S/C24H28N4O3/c1-3-31-24(29)27-15-13-26(14-16-27)17-20-18-28(21-7-5-4-6-8-21)25-23(20)19-9-11-22(30-2)12-10-19/h4-12,18H,3,13-17H2,1-2H3. The Morgan fingerprint density at radius 3 is 2.35 bits per heavy atom. The minimum atomic E-state index is -0.224. The molecule has 0 unspecified atom stereocenters. The van der Waals surface area contributed by atoms with Crippen molar-refractivity contribution in [1.29, 1.82) is 0 Å². The molecular weight excluding hydrogens is 392 g/mol. The van der Waals surface area contributed by atoms with Gasteiger partial charge in [-0.1, -0.05) is 18.2 Å². The Hall–Kier alpha value is -3.32. The fourth-order valence-electron chi connectivity index (χ4n) is 3.77. The molecule has 0 N–H and O–H groups in total. The third-order valence-electron chi connectivity index (χ3n) is 5.47. The lowest BCUT2D eigenvalue weighted by atomic mass is 10.1. The van der Waals surface area contributed by atoms with Gasteiger partial charge in [0.2, 0.25) is 0 Å². The maximum absolute atomic E-state index is 12.0. The fraction of sp³-hybridized carbons (Fsp3) is 0.333. The molecule has 0 bridgehead atoms. The molecule has 2 aromatic carbocycles.